The molecule has 2 nitrogen and oxygen atoms in total. The molecule has 0 saturated heterocycles. The molecule has 19 heavy (non-hydrogen) atoms. The molecule has 1 N–H and O–H groups in total. The number of rotatable bonds is 6. The first-order valence-electron chi connectivity index (χ1n) is 7.39. The Morgan fingerprint density at radius 2 is 2.05 bits per heavy atom. The number of aliphatic carboxylic acids is 1. The minimum absolute atomic E-state index is 0.241. The third-order valence-corrected chi connectivity index (χ3v) is 4.31. The van der Waals surface area contributed by atoms with Gasteiger partial charge in [0.1, 0.15) is 0 Å². The first kappa shape index (κ1) is 16.0. The van der Waals surface area contributed by atoms with E-state index in [2.05, 4.69) is 33.8 Å². The van der Waals surface area contributed by atoms with Gasteiger partial charge in [-0.05, 0) is 57.8 Å². The molecule has 0 aromatic heterocycles. The van der Waals surface area contributed by atoms with Gasteiger partial charge in [-0.25, -0.2) is 0 Å². The lowest BCUT2D eigenvalue weighted by molar-refractivity contribution is -0.136. The van der Waals surface area contributed by atoms with Crippen molar-refractivity contribution in [2.75, 3.05) is 0 Å². The van der Waals surface area contributed by atoms with E-state index in [4.69, 9.17) is 5.11 Å². The first-order valence-corrected chi connectivity index (χ1v) is 7.39. The second-order valence-corrected chi connectivity index (χ2v) is 6.48. The van der Waals surface area contributed by atoms with Crippen LogP contribution in [0.25, 0.3) is 0 Å². The summed E-state index contributed by atoms with van der Waals surface area (Å²) in [6, 6.07) is 0. The van der Waals surface area contributed by atoms with Crippen molar-refractivity contribution >= 4 is 5.97 Å². The molecule has 2 heteroatoms. The normalized spacial score (nSPS) is 19.7. The number of allylic oxidation sites excluding steroid dienone is 4. The van der Waals surface area contributed by atoms with Gasteiger partial charge in [0.25, 0.3) is 0 Å². The van der Waals surface area contributed by atoms with Crippen LogP contribution in [-0.4, -0.2) is 11.1 Å². The molecule has 0 fully saturated rings. The van der Waals surface area contributed by atoms with Crippen LogP contribution in [0.3, 0.4) is 0 Å². The predicted molar refractivity (Wildman–Crippen MR) is 80.2 cm³/mol. The zero-order valence-electron chi connectivity index (χ0n) is 12.9. The lowest BCUT2D eigenvalue weighted by Crippen LogP contribution is -2.20. The lowest BCUT2D eigenvalue weighted by atomic mass is 9.71. The van der Waals surface area contributed by atoms with Crippen molar-refractivity contribution in [2.45, 2.75) is 72.6 Å². The fourth-order valence-corrected chi connectivity index (χ4v) is 3.09. The highest BCUT2D eigenvalue weighted by Gasteiger charge is 2.27. The molecule has 0 aromatic carbocycles. The number of carboxylic acids is 1. The summed E-state index contributed by atoms with van der Waals surface area (Å²) in [5.74, 6) is -0.712. The molecule has 1 aliphatic rings. The topological polar surface area (TPSA) is 37.3 Å². The van der Waals surface area contributed by atoms with Crippen LogP contribution in [0.2, 0.25) is 0 Å². The highest BCUT2D eigenvalue weighted by molar-refractivity contribution is 5.66. The summed E-state index contributed by atoms with van der Waals surface area (Å²) in [7, 11) is 0. The summed E-state index contributed by atoms with van der Waals surface area (Å²) in [5.41, 5.74) is 4.88. The molecule has 0 heterocycles. The van der Waals surface area contributed by atoms with Crippen molar-refractivity contribution in [2.24, 2.45) is 5.41 Å². The highest BCUT2D eigenvalue weighted by atomic mass is 16.4. The lowest BCUT2D eigenvalue weighted by Gasteiger charge is -2.35. The first-order chi connectivity index (χ1) is 8.83. The largest absolute Gasteiger partial charge is 0.481 e. The van der Waals surface area contributed by atoms with Gasteiger partial charge in [-0.1, -0.05) is 36.6 Å². The minimum atomic E-state index is -0.712. The van der Waals surface area contributed by atoms with Crippen LogP contribution < -0.4 is 0 Å². The highest BCUT2D eigenvalue weighted by Crippen LogP contribution is 2.42. The molecule has 0 atom stereocenters. The Labute approximate surface area is 117 Å². The van der Waals surface area contributed by atoms with Crippen molar-refractivity contribution in [1.82, 2.24) is 0 Å². The minimum Gasteiger partial charge on any atom is -0.481 e. The summed E-state index contributed by atoms with van der Waals surface area (Å²) in [4.78, 5) is 10.5. The molecular weight excluding hydrogens is 236 g/mol. The van der Waals surface area contributed by atoms with Gasteiger partial charge in [0.05, 0.1) is 0 Å². The van der Waals surface area contributed by atoms with Crippen LogP contribution in [0.15, 0.2) is 22.8 Å². The Balaban J connectivity index is 2.53. The molecule has 1 aliphatic carbocycles. The molecule has 0 bridgehead atoms. The second-order valence-electron chi connectivity index (χ2n) is 6.48. The molecule has 0 amide bonds. The molecule has 0 aromatic rings. The van der Waals surface area contributed by atoms with E-state index >= 15 is 0 Å². The summed E-state index contributed by atoms with van der Waals surface area (Å²) < 4.78 is 0. The standard InChI is InChI=1S/C17H28O2/c1-13(7-5-9-16(18)19)10-11-15-14(2)8-6-12-17(15,3)4/h7H,5-6,8-12H2,1-4H3,(H,18,19). The molecule has 0 spiro atoms. The molecular formula is C17H28O2. The molecule has 0 saturated carbocycles. The molecule has 0 radical (unpaired) electrons. The zero-order valence-corrected chi connectivity index (χ0v) is 12.9. The van der Waals surface area contributed by atoms with Crippen LogP contribution in [0.4, 0.5) is 0 Å². The Bertz CT molecular complexity index is 386. The summed E-state index contributed by atoms with van der Waals surface area (Å²) in [6.07, 6.45) is 9.04. The van der Waals surface area contributed by atoms with Gasteiger partial charge in [0, 0.05) is 6.42 Å². The van der Waals surface area contributed by atoms with Gasteiger partial charge in [-0.2, -0.15) is 0 Å². The number of carbonyl (C=O) groups is 1. The van der Waals surface area contributed by atoms with E-state index in [1.807, 2.05) is 0 Å². The summed E-state index contributed by atoms with van der Waals surface area (Å²) in [5, 5.41) is 8.63. The van der Waals surface area contributed by atoms with Crippen molar-refractivity contribution < 1.29 is 9.90 Å². The van der Waals surface area contributed by atoms with Crippen LogP contribution >= 0.6 is 0 Å². The van der Waals surface area contributed by atoms with Crippen molar-refractivity contribution in [3.63, 3.8) is 0 Å². The molecule has 0 unspecified atom stereocenters. The maximum absolute atomic E-state index is 10.5. The fraction of sp³-hybridized carbons (Fsp3) is 0.706. The van der Waals surface area contributed by atoms with Gasteiger partial charge >= 0.3 is 5.97 Å². The molecule has 0 aliphatic heterocycles. The fourth-order valence-electron chi connectivity index (χ4n) is 3.09. The zero-order chi connectivity index (χ0) is 14.5. The Kier molecular flexibility index (Phi) is 5.84. The summed E-state index contributed by atoms with van der Waals surface area (Å²) in [6.45, 7) is 9.11. The maximum atomic E-state index is 10.5. The van der Waals surface area contributed by atoms with E-state index in [1.54, 1.807) is 11.1 Å². The van der Waals surface area contributed by atoms with Crippen LogP contribution in [0, 0.1) is 5.41 Å². The smallest absolute Gasteiger partial charge is 0.303 e. The van der Waals surface area contributed by atoms with Crippen LogP contribution in [0.1, 0.15) is 72.6 Å². The van der Waals surface area contributed by atoms with Crippen LogP contribution in [-0.2, 0) is 4.79 Å². The predicted octanol–water partition coefficient (Wildman–Crippen LogP) is 5.10. The van der Waals surface area contributed by atoms with Gasteiger partial charge in [-0.15, -0.1) is 0 Å². The van der Waals surface area contributed by atoms with Crippen LogP contribution in [0.5, 0.6) is 0 Å². The van der Waals surface area contributed by atoms with Crippen molar-refractivity contribution in [3.8, 4) is 0 Å². The van der Waals surface area contributed by atoms with E-state index < -0.39 is 5.97 Å². The third kappa shape index (κ3) is 5.22. The van der Waals surface area contributed by atoms with E-state index in [9.17, 15) is 4.79 Å². The van der Waals surface area contributed by atoms with E-state index in [-0.39, 0.29) is 6.42 Å². The molecule has 1 rings (SSSR count). The van der Waals surface area contributed by atoms with Gasteiger partial charge in [0.15, 0.2) is 0 Å². The van der Waals surface area contributed by atoms with Crippen molar-refractivity contribution in [1.29, 1.82) is 0 Å². The Morgan fingerprint density at radius 1 is 1.37 bits per heavy atom. The van der Waals surface area contributed by atoms with E-state index in [0.717, 1.165) is 12.8 Å². The average molecular weight is 264 g/mol. The Hall–Kier alpha value is -1.05. The Morgan fingerprint density at radius 3 is 2.63 bits per heavy atom. The SMILES string of the molecule is CC(=CCCC(=O)O)CCC1=C(C)CCCC1(C)C. The maximum Gasteiger partial charge on any atom is 0.303 e. The average Bonchev–Trinajstić information content (AvgIpc) is 2.26. The number of hydrogen-bond donors (Lipinski definition) is 1. The number of carboxylic acid groups (broad SMARTS) is 1. The van der Waals surface area contributed by atoms with Gasteiger partial charge in [0.2, 0.25) is 0 Å². The van der Waals surface area contributed by atoms with E-state index in [1.165, 1.54) is 24.8 Å². The summed E-state index contributed by atoms with van der Waals surface area (Å²) >= 11 is 0. The van der Waals surface area contributed by atoms with Gasteiger partial charge < -0.3 is 5.11 Å². The van der Waals surface area contributed by atoms with E-state index in [0.29, 0.717) is 11.8 Å². The quantitative estimate of drug-likeness (QED) is 0.677. The molecule has 108 valence electrons. The number of hydrogen-bond acceptors (Lipinski definition) is 1. The van der Waals surface area contributed by atoms with Gasteiger partial charge in [-0.3, -0.25) is 4.79 Å². The van der Waals surface area contributed by atoms with Crippen molar-refractivity contribution in [3.05, 3.63) is 22.8 Å². The second kappa shape index (κ2) is 6.93. The third-order valence-electron chi connectivity index (χ3n) is 4.31. The monoisotopic (exact) mass is 264 g/mol.